The average molecular weight is 907 g/mol. The van der Waals surface area contributed by atoms with E-state index in [-0.39, 0.29) is 61.5 Å². The summed E-state index contributed by atoms with van der Waals surface area (Å²) in [4.78, 5) is 73.9. The van der Waals surface area contributed by atoms with Crippen LogP contribution in [0.15, 0.2) is 48.5 Å². The highest BCUT2D eigenvalue weighted by Crippen LogP contribution is 2.42. The van der Waals surface area contributed by atoms with Crippen LogP contribution in [0, 0.1) is 23.7 Å². The lowest BCUT2D eigenvalue weighted by atomic mass is 9.81. The minimum absolute atomic E-state index is 0.0466. The van der Waals surface area contributed by atoms with Crippen molar-refractivity contribution in [2.24, 2.45) is 11.8 Å². The van der Waals surface area contributed by atoms with Gasteiger partial charge in [-0.05, 0) is 119 Å². The van der Waals surface area contributed by atoms with Gasteiger partial charge in [-0.1, -0.05) is 24.0 Å². The lowest BCUT2D eigenvalue weighted by Crippen LogP contribution is -2.54. The van der Waals surface area contributed by atoms with Crippen molar-refractivity contribution in [3.05, 3.63) is 71.3 Å². The monoisotopic (exact) mass is 906 g/mol. The van der Waals surface area contributed by atoms with Crippen molar-refractivity contribution in [2.45, 2.75) is 120 Å². The summed E-state index contributed by atoms with van der Waals surface area (Å²) in [6, 6.07) is 13.1. The van der Waals surface area contributed by atoms with Crippen LogP contribution in [0.25, 0.3) is 32.8 Å². The Morgan fingerprint density at radius 2 is 1.26 bits per heavy atom. The maximum Gasteiger partial charge on any atom is 0.407 e. The van der Waals surface area contributed by atoms with E-state index in [0.717, 1.165) is 51.3 Å². The quantitative estimate of drug-likeness (QED) is 0.113. The number of halogens is 2. The number of nitrogens with zero attached hydrogens (tertiary/aromatic N) is 4. The molecule has 9 rings (SSSR count). The number of imidazole rings is 2. The molecule has 4 fully saturated rings. The standard InChI is InChI=1S/C49H56F2N8O7/c1-27-5-15-38(58(27)45(60)40(56-47(62)64-3)31-17-21-49(50,51)22-18-31)43-52-35-13-10-30(26-37(35)54-43)8-7-29-9-12-34-33(25-29)11-14-36-42(34)55-44(53-36)39-16-6-28(2)59(39)46(61)41(57-48(63)65-4)32-19-23-66-24-20-32/h9-14,25-28,31-32,38-41H,5-6,15-24H2,1-4H3,(H,52,54)(H,53,55)(H,56,62)(H,57,63)/t27-,28-,38-,39-,40-,41?/m0/s1. The van der Waals surface area contributed by atoms with Crippen molar-refractivity contribution in [3.8, 4) is 11.8 Å². The van der Waals surface area contributed by atoms with E-state index in [1.807, 2.05) is 67.3 Å². The Hall–Kier alpha value is -6.28. The van der Waals surface area contributed by atoms with Crippen molar-refractivity contribution in [3.63, 3.8) is 0 Å². The van der Waals surface area contributed by atoms with Gasteiger partial charge in [0.2, 0.25) is 17.7 Å². The van der Waals surface area contributed by atoms with Gasteiger partial charge in [0.05, 0.1) is 48.4 Å². The number of hydrogen-bond acceptors (Lipinski definition) is 9. The van der Waals surface area contributed by atoms with Crippen LogP contribution in [0.4, 0.5) is 18.4 Å². The molecule has 4 amide bonds. The highest BCUT2D eigenvalue weighted by Gasteiger charge is 2.46. The molecule has 0 spiro atoms. The second kappa shape index (κ2) is 18.5. The maximum atomic E-state index is 14.3. The molecular formula is C49H56F2N8O7. The third-order valence-electron chi connectivity index (χ3n) is 14.2. The van der Waals surface area contributed by atoms with E-state index in [4.69, 9.17) is 24.2 Å². The zero-order chi connectivity index (χ0) is 46.3. The third-order valence-corrected chi connectivity index (χ3v) is 14.2. The minimum atomic E-state index is -2.78. The Balaban J connectivity index is 0.924. The number of alkyl carbamates (subject to hydrolysis) is 2. The van der Waals surface area contributed by atoms with Gasteiger partial charge in [0, 0.05) is 54.7 Å². The predicted octanol–water partition coefficient (Wildman–Crippen LogP) is 7.80. The third kappa shape index (κ3) is 8.99. The summed E-state index contributed by atoms with van der Waals surface area (Å²) in [6.07, 6.45) is 2.38. The molecule has 6 atom stereocenters. The van der Waals surface area contributed by atoms with Gasteiger partial charge >= 0.3 is 12.2 Å². The second-order valence-electron chi connectivity index (χ2n) is 18.4. The summed E-state index contributed by atoms with van der Waals surface area (Å²) in [5, 5.41) is 7.42. The fraction of sp³-hybridized carbons (Fsp3) is 0.510. The fourth-order valence-electron chi connectivity index (χ4n) is 10.6. The molecule has 1 unspecified atom stereocenters. The number of alkyl halides is 2. The number of carbonyl (C=O) groups is 4. The molecule has 3 aromatic carbocycles. The van der Waals surface area contributed by atoms with Crippen LogP contribution in [-0.4, -0.2) is 111 Å². The number of rotatable bonds is 8. The molecule has 3 aliphatic heterocycles. The van der Waals surface area contributed by atoms with Crippen LogP contribution < -0.4 is 10.6 Å². The summed E-state index contributed by atoms with van der Waals surface area (Å²) in [6.45, 7) is 5.06. The first-order chi connectivity index (χ1) is 31.8. The number of aromatic amines is 2. The van der Waals surface area contributed by atoms with E-state index in [0.29, 0.717) is 56.1 Å². The van der Waals surface area contributed by atoms with Gasteiger partial charge in [-0.15, -0.1) is 0 Å². The molecule has 4 N–H and O–H groups in total. The molecule has 5 heterocycles. The van der Waals surface area contributed by atoms with E-state index in [1.54, 1.807) is 4.90 Å². The molecule has 0 radical (unpaired) electrons. The summed E-state index contributed by atoms with van der Waals surface area (Å²) < 4.78 is 43.5. The van der Waals surface area contributed by atoms with Crippen molar-refractivity contribution in [1.82, 2.24) is 40.4 Å². The average Bonchev–Trinajstić information content (AvgIpc) is 4.13. The molecule has 2 aromatic heterocycles. The van der Waals surface area contributed by atoms with E-state index in [9.17, 15) is 28.0 Å². The maximum absolute atomic E-state index is 14.3. The van der Waals surface area contributed by atoms with Gasteiger partial charge in [0.15, 0.2) is 0 Å². The van der Waals surface area contributed by atoms with Crippen LogP contribution in [0.2, 0.25) is 0 Å². The number of amides is 4. The SMILES string of the molecule is COC(=O)NC(C(=O)N1[C@@H](C)CC[C@H]1c1nc2c(ccc3cc(C#Cc4ccc5nc([C@@H]6CC[C@H](C)N6C(=O)[C@@H](NC(=O)OC)C6CCC(F)(F)CC6)[nH]c5c4)ccc32)[nH]1)C1CCOCC1. The number of fused-ring (bicyclic) bond motifs is 4. The zero-order valence-corrected chi connectivity index (χ0v) is 37.6. The smallest absolute Gasteiger partial charge is 0.407 e. The Morgan fingerprint density at radius 3 is 1.86 bits per heavy atom. The first-order valence-corrected chi connectivity index (χ1v) is 23.0. The molecule has 4 aliphatic rings. The van der Waals surface area contributed by atoms with E-state index < -0.39 is 42.2 Å². The normalized spacial score (nSPS) is 23.4. The minimum Gasteiger partial charge on any atom is -0.453 e. The molecule has 3 saturated heterocycles. The Morgan fingerprint density at radius 1 is 0.712 bits per heavy atom. The second-order valence-corrected chi connectivity index (χ2v) is 18.4. The Kier molecular flexibility index (Phi) is 12.6. The molecule has 348 valence electrons. The number of methoxy groups -OCH3 is 2. The summed E-state index contributed by atoms with van der Waals surface area (Å²) in [5.41, 5.74) is 4.71. The van der Waals surface area contributed by atoms with Gasteiger partial charge in [-0.25, -0.2) is 28.3 Å². The first-order valence-electron chi connectivity index (χ1n) is 23.0. The molecule has 1 saturated carbocycles. The molecule has 15 nitrogen and oxygen atoms in total. The Bertz CT molecular complexity index is 2710. The highest BCUT2D eigenvalue weighted by atomic mass is 19.3. The topological polar surface area (TPSA) is 184 Å². The highest BCUT2D eigenvalue weighted by molar-refractivity contribution is 6.04. The number of ether oxygens (including phenoxy) is 3. The first kappa shape index (κ1) is 44.9. The lowest BCUT2D eigenvalue weighted by Gasteiger charge is -2.37. The number of likely N-dealkylation sites (tertiary alicyclic amines) is 2. The van der Waals surface area contributed by atoms with Gasteiger partial charge < -0.3 is 44.6 Å². The van der Waals surface area contributed by atoms with Crippen molar-refractivity contribution in [2.75, 3.05) is 27.4 Å². The number of benzene rings is 3. The van der Waals surface area contributed by atoms with Crippen molar-refractivity contribution >= 4 is 56.8 Å². The van der Waals surface area contributed by atoms with Crippen LogP contribution in [0.1, 0.15) is 113 Å². The summed E-state index contributed by atoms with van der Waals surface area (Å²) in [7, 11) is 2.52. The predicted molar refractivity (Wildman–Crippen MR) is 241 cm³/mol. The number of nitrogens with one attached hydrogen (secondary N) is 4. The number of hydrogen-bond donors (Lipinski definition) is 4. The summed E-state index contributed by atoms with van der Waals surface area (Å²) in [5.74, 6) is 4.15. The van der Waals surface area contributed by atoms with E-state index >= 15 is 0 Å². The van der Waals surface area contributed by atoms with Gasteiger partial charge in [-0.3, -0.25) is 9.59 Å². The molecule has 66 heavy (non-hydrogen) atoms. The largest absolute Gasteiger partial charge is 0.453 e. The number of aromatic nitrogens is 4. The van der Waals surface area contributed by atoms with Gasteiger partial charge in [0.1, 0.15) is 23.7 Å². The molecular weight excluding hydrogens is 851 g/mol. The molecule has 1 aliphatic carbocycles. The fourth-order valence-corrected chi connectivity index (χ4v) is 10.6. The lowest BCUT2D eigenvalue weighted by molar-refractivity contribution is -0.139. The van der Waals surface area contributed by atoms with Crippen molar-refractivity contribution < 1.29 is 42.2 Å². The molecule has 0 bridgehead atoms. The van der Waals surface area contributed by atoms with Gasteiger partial charge in [0.25, 0.3) is 0 Å². The molecule has 17 heteroatoms. The molecule has 5 aromatic rings. The van der Waals surface area contributed by atoms with Crippen molar-refractivity contribution in [1.29, 1.82) is 0 Å². The zero-order valence-electron chi connectivity index (χ0n) is 37.6. The van der Waals surface area contributed by atoms with E-state index in [2.05, 4.69) is 32.4 Å². The van der Waals surface area contributed by atoms with Crippen LogP contribution in [0.3, 0.4) is 0 Å². The van der Waals surface area contributed by atoms with Gasteiger partial charge in [-0.2, -0.15) is 0 Å². The number of H-pyrrole nitrogens is 2. The van der Waals surface area contributed by atoms with Crippen LogP contribution >= 0.6 is 0 Å². The number of carbonyl (C=O) groups excluding carboxylic acids is 4. The van der Waals surface area contributed by atoms with E-state index in [1.165, 1.54) is 14.2 Å². The van der Waals surface area contributed by atoms with Crippen LogP contribution in [-0.2, 0) is 23.8 Å². The summed E-state index contributed by atoms with van der Waals surface area (Å²) >= 11 is 0. The Labute approximate surface area is 381 Å². The van der Waals surface area contributed by atoms with Crippen LogP contribution in [0.5, 0.6) is 0 Å².